The number of hydrogen-bond acceptors (Lipinski definition) is 4. The molecule has 7 nitrogen and oxygen atoms in total. The molecule has 1 aromatic carbocycles. The van der Waals surface area contributed by atoms with E-state index in [9.17, 15) is 9.90 Å². The summed E-state index contributed by atoms with van der Waals surface area (Å²) in [5.74, 6) is 0. The molecule has 5 N–H and O–H groups in total. The number of amides is 1. The van der Waals surface area contributed by atoms with Crippen molar-refractivity contribution in [2.45, 2.75) is 38.1 Å². The molecule has 1 saturated heterocycles. The zero-order chi connectivity index (χ0) is 17.8. The van der Waals surface area contributed by atoms with E-state index < -0.39 is 6.09 Å². The number of aromatic nitrogens is 2. The first-order valence-corrected chi connectivity index (χ1v) is 8.77. The number of hydrogen-bond donors (Lipinski definition) is 4. The van der Waals surface area contributed by atoms with Crippen molar-refractivity contribution < 1.29 is 9.90 Å². The van der Waals surface area contributed by atoms with Crippen molar-refractivity contribution in [2.24, 2.45) is 11.1 Å². The van der Waals surface area contributed by atoms with Crippen LogP contribution in [0.3, 0.4) is 0 Å². The molecule has 4 rings (SSSR count). The van der Waals surface area contributed by atoms with Crippen LogP contribution in [0.4, 0.5) is 10.5 Å². The van der Waals surface area contributed by atoms with E-state index in [1.165, 1.54) is 5.56 Å². The molecule has 1 atom stereocenters. The van der Waals surface area contributed by atoms with Crippen LogP contribution in [0.15, 0.2) is 18.3 Å². The predicted octanol–water partition coefficient (Wildman–Crippen LogP) is 2.04. The fourth-order valence-electron chi connectivity index (χ4n) is 4.15. The molecular formula is C18H25N5O2. The molecular weight excluding hydrogens is 318 g/mol. The zero-order valence-electron chi connectivity index (χ0n) is 14.7. The Hall–Kier alpha value is -2.28. The minimum absolute atomic E-state index is 0.0269. The number of aromatic amines is 1. The lowest BCUT2D eigenvalue weighted by atomic mass is 9.82. The third-order valence-electron chi connectivity index (χ3n) is 5.99. The van der Waals surface area contributed by atoms with Gasteiger partial charge in [-0.05, 0) is 24.5 Å². The number of rotatable bonds is 4. The smallest absolute Gasteiger partial charge is 0.404 e. The molecule has 1 aliphatic heterocycles. The van der Waals surface area contributed by atoms with Crippen LogP contribution in [-0.4, -0.2) is 47.1 Å². The molecule has 2 heterocycles. The molecule has 2 aliphatic rings. The van der Waals surface area contributed by atoms with E-state index in [2.05, 4.69) is 46.4 Å². The van der Waals surface area contributed by atoms with Crippen LogP contribution in [0.1, 0.15) is 32.3 Å². The molecule has 1 saturated carbocycles. The van der Waals surface area contributed by atoms with Crippen LogP contribution in [0.25, 0.3) is 10.9 Å². The Morgan fingerprint density at radius 1 is 1.52 bits per heavy atom. The van der Waals surface area contributed by atoms with Crippen LogP contribution in [-0.2, 0) is 5.41 Å². The van der Waals surface area contributed by atoms with Crippen LogP contribution in [0.2, 0.25) is 0 Å². The van der Waals surface area contributed by atoms with E-state index >= 15 is 0 Å². The Balaban J connectivity index is 1.79. The number of nitrogens with zero attached hydrogens (tertiary/aromatic N) is 2. The van der Waals surface area contributed by atoms with Gasteiger partial charge in [0.2, 0.25) is 0 Å². The summed E-state index contributed by atoms with van der Waals surface area (Å²) >= 11 is 0. The molecule has 0 unspecified atom stereocenters. The molecule has 25 heavy (non-hydrogen) atoms. The van der Waals surface area contributed by atoms with Gasteiger partial charge in [0, 0.05) is 35.9 Å². The van der Waals surface area contributed by atoms with Gasteiger partial charge in [0.25, 0.3) is 0 Å². The Morgan fingerprint density at radius 3 is 2.92 bits per heavy atom. The Bertz CT molecular complexity index is 824. The van der Waals surface area contributed by atoms with Gasteiger partial charge in [-0.2, -0.15) is 5.10 Å². The highest BCUT2D eigenvalue weighted by Gasteiger charge is 2.56. The maximum absolute atomic E-state index is 11.2. The van der Waals surface area contributed by atoms with Gasteiger partial charge >= 0.3 is 6.09 Å². The summed E-state index contributed by atoms with van der Waals surface area (Å²) in [6, 6.07) is 4.15. The van der Waals surface area contributed by atoms with Gasteiger partial charge in [0.05, 0.1) is 23.4 Å². The topological polar surface area (TPSA) is 107 Å². The molecule has 134 valence electrons. The van der Waals surface area contributed by atoms with Crippen molar-refractivity contribution in [1.82, 2.24) is 15.5 Å². The first kappa shape index (κ1) is 16.2. The minimum atomic E-state index is -0.942. The highest BCUT2D eigenvalue weighted by molar-refractivity contribution is 5.94. The third-order valence-corrected chi connectivity index (χ3v) is 5.99. The van der Waals surface area contributed by atoms with Crippen molar-refractivity contribution in [2.75, 3.05) is 24.5 Å². The fraction of sp³-hybridized carbons (Fsp3) is 0.556. The second-order valence-corrected chi connectivity index (χ2v) is 8.13. The lowest BCUT2D eigenvalue weighted by Crippen LogP contribution is -2.40. The lowest BCUT2D eigenvalue weighted by molar-refractivity contribution is 0.186. The van der Waals surface area contributed by atoms with Gasteiger partial charge in [-0.25, -0.2) is 4.79 Å². The standard InChI is InChI=1S/C18H25N5O2/c1-17(2,9-19)12-3-4-13-11(7-20-22-13)15(12)23-8-14(21-16(24)25)18(10-23)5-6-18/h3-4,7,14,21H,5-6,8-10,19H2,1-2H3,(H,20,22)(H,24,25)/t14-/m0/s1. The van der Waals surface area contributed by atoms with Gasteiger partial charge in [-0.3, -0.25) is 5.10 Å². The quantitative estimate of drug-likeness (QED) is 0.679. The van der Waals surface area contributed by atoms with Gasteiger partial charge in [-0.15, -0.1) is 0 Å². The first-order valence-electron chi connectivity index (χ1n) is 8.77. The molecule has 0 radical (unpaired) electrons. The lowest BCUT2D eigenvalue weighted by Gasteiger charge is -2.31. The largest absolute Gasteiger partial charge is 0.465 e. The van der Waals surface area contributed by atoms with E-state index in [1.807, 2.05) is 6.20 Å². The number of H-pyrrole nitrogens is 1. The van der Waals surface area contributed by atoms with Crippen molar-refractivity contribution in [3.05, 3.63) is 23.9 Å². The van der Waals surface area contributed by atoms with Gasteiger partial charge in [0.15, 0.2) is 0 Å². The van der Waals surface area contributed by atoms with Crippen LogP contribution in [0.5, 0.6) is 0 Å². The number of anilines is 1. The second kappa shape index (κ2) is 5.36. The normalized spacial score (nSPS) is 21.9. The Morgan fingerprint density at radius 2 is 2.28 bits per heavy atom. The minimum Gasteiger partial charge on any atom is -0.465 e. The summed E-state index contributed by atoms with van der Waals surface area (Å²) in [7, 11) is 0. The highest BCUT2D eigenvalue weighted by Crippen LogP contribution is 2.54. The molecule has 2 aromatic rings. The molecule has 2 fully saturated rings. The number of benzene rings is 1. The van der Waals surface area contributed by atoms with E-state index in [-0.39, 0.29) is 16.9 Å². The molecule has 1 aromatic heterocycles. The zero-order valence-corrected chi connectivity index (χ0v) is 14.7. The number of carbonyl (C=O) groups is 1. The third kappa shape index (κ3) is 2.54. The number of fused-ring (bicyclic) bond motifs is 1. The summed E-state index contributed by atoms with van der Waals surface area (Å²) < 4.78 is 0. The molecule has 7 heteroatoms. The summed E-state index contributed by atoms with van der Waals surface area (Å²) in [6.45, 7) is 6.39. The monoisotopic (exact) mass is 343 g/mol. The van der Waals surface area contributed by atoms with Crippen molar-refractivity contribution in [1.29, 1.82) is 0 Å². The van der Waals surface area contributed by atoms with Crippen LogP contribution >= 0.6 is 0 Å². The average Bonchev–Trinajstić information content (AvgIpc) is 3.03. The maximum Gasteiger partial charge on any atom is 0.404 e. The second-order valence-electron chi connectivity index (χ2n) is 8.13. The van der Waals surface area contributed by atoms with Crippen molar-refractivity contribution >= 4 is 22.7 Å². The average molecular weight is 343 g/mol. The molecule has 1 amide bonds. The number of nitrogens with two attached hydrogens (primary N) is 1. The predicted molar refractivity (Wildman–Crippen MR) is 97.0 cm³/mol. The first-order chi connectivity index (χ1) is 11.9. The molecule has 1 spiro atoms. The Kier molecular flexibility index (Phi) is 3.47. The van der Waals surface area contributed by atoms with Gasteiger partial charge < -0.3 is 21.1 Å². The molecule has 0 bridgehead atoms. The van der Waals surface area contributed by atoms with E-state index in [0.29, 0.717) is 13.1 Å². The number of carboxylic acid groups (broad SMARTS) is 1. The van der Waals surface area contributed by atoms with E-state index in [0.717, 1.165) is 36.0 Å². The summed E-state index contributed by atoms with van der Waals surface area (Å²) in [6.07, 6.45) is 3.07. The van der Waals surface area contributed by atoms with Crippen LogP contribution < -0.4 is 16.0 Å². The maximum atomic E-state index is 11.2. The van der Waals surface area contributed by atoms with Crippen molar-refractivity contribution in [3.8, 4) is 0 Å². The summed E-state index contributed by atoms with van der Waals surface area (Å²) in [4.78, 5) is 13.5. The highest BCUT2D eigenvalue weighted by atomic mass is 16.4. The SMILES string of the molecule is CC(C)(CN)c1ccc2[nH]ncc2c1N1C[C@H](NC(=O)O)C2(CC2)C1. The van der Waals surface area contributed by atoms with Crippen LogP contribution in [0, 0.1) is 5.41 Å². The van der Waals surface area contributed by atoms with Gasteiger partial charge in [-0.1, -0.05) is 19.9 Å². The van der Waals surface area contributed by atoms with E-state index in [4.69, 9.17) is 5.73 Å². The van der Waals surface area contributed by atoms with Gasteiger partial charge in [0.1, 0.15) is 0 Å². The molecule has 1 aliphatic carbocycles. The number of nitrogens with one attached hydrogen (secondary N) is 2. The summed E-state index contributed by atoms with van der Waals surface area (Å²) in [5.41, 5.74) is 9.28. The Labute approximate surface area is 146 Å². The van der Waals surface area contributed by atoms with Crippen molar-refractivity contribution in [3.63, 3.8) is 0 Å². The summed E-state index contributed by atoms with van der Waals surface area (Å²) in [5, 5.41) is 20.3. The van der Waals surface area contributed by atoms with E-state index in [1.54, 1.807) is 0 Å². The fourth-order valence-corrected chi connectivity index (χ4v) is 4.15.